The van der Waals surface area contributed by atoms with Crippen LogP contribution in [-0.4, -0.2) is 52.5 Å². The predicted octanol–water partition coefficient (Wildman–Crippen LogP) is 2.24. The van der Waals surface area contributed by atoms with Crippen LogP contribution in [0.3, 0.4) is 0 Å². The first-order valence-corrected chi connectivity index (χ1v) is 9.52. The fourth-order valence-corrected chi connectivity index (χ4v) is 4.51. The van der Waals surface area contributed by atoms with Gasteiger partial charge in [-0.25, -0.2) is 14.4 Å². The van der Waals surface area contributed by atoms with Gasteiger partial charge in [0.15, 0.2) is 16.1 Å². The zero-order chi connectivity index (χ0) is 16.4. The Morgan fingerprint density at radius 2 is 2.21 bits per heavy atom. The molecule has 3 aliphatic rings. The van der Waals surface area contributed by atoms with Gasteiger partial charge < -0.3 is 15.0 Å². The molecule has 3 unspecified atom stereocenters. The number of halogens is 2. The maximum atomic E-state index is 14.6. The Labute approximate surface area is 147 Å². The second kappa shape index (κ2) is 5.31. The number of hydrogen-bond acceptors (Lipinski definition) is 7. The highest BCUT2D eigenvalue weighted by molar-refractivity contribution is 7.98. The van der Waals surface area contributed by atoms with Gasteiger partial charge >= 0.3 is 0 Å². The summed E-state index contributed by atoms with van der Waals surface area (Å²) < 4.78 is 20.5. The van der Waals surface area contributed by atoms with Crippen molar-refractivity contribution < 1.29 is 9.13 Å². The van der Waals surface area contributed by atoms with Crippen LogP contribution in [0.2, 0.25) is 5.15 Å². The zero-order valence-corrected chi connectivity index (χ0v) is 14.5. The highest BCUT2D eigenvalue weighted by atomic mass is 35.5. The van der Waals surface area contributed by atoms with E-state index in [0.29, 0.717) is 40.9 Å². The molecule has 5 heterocycles. The molecule has 0 aromatic carbocycles. The number of nitrogens with one attached hydrogen (secondary N) is 1. The highest BCUT2D eigenvalue weighted by Gasteiger charge is 2.43. The smallest absolute Gasteiger partial charge is 0.228 e. The summed E-state index contributed by atoms with van der Waals surface area (Å²) in [4.78, 5) is 15.3. The Kier molecular flexibility index (Phi) is 3.30. The van der Waals surface area contributed by atoms with Gasteiger partial charge in [0, 0.05) is 18.6 Å². The summed E-state index contributed by atoms with van der Waals surface area (Å²) in [6.45, 7) is 1.30. The molecule has 5 rings (SSSR count). The molecule has 0 spiro atoms. The first kappa shape index (κ1) is 14.9. The van der Waals surface area contributed by atoms with Crippen molar-refractivity contribution in [3.05, 3.63) is 11.0 Å². The zero-order valence-electron chi connectivity index (χ0n) is 12.9. The predicted molar refractivity (Wildman–Crippen MR) is 90.7 cm³/mol. The topological polar surface area (TPSA) is 63.2 Å². The molecule has 2 fully saturated rings. The van der Waals surface area contributed by atoms with Crippen LogP contribution >= 0.6 is 23.4 Å². The van der Waals surface area contributed by atoms with Crippen molar-refractivity contribution in [2.45, 2.75) is 36.1 Å². The average Bonchev–Trinajstić information content (AvgIpc) is 2.91. The minimum Gasteiger partial charge on any atom is -0.475 e. The average molecular weight is 368 g/mol. The Balaban J connectivity index is 1.80. The van der Waals surface area contributed by atoms with Crippen LogP contribution < -0.4 is 15.0 Å². The van der Waals surface area contributed by atoms with Gasteiger partial charge in [0.2, 0.25) is 5.88 Å². The summed E-state index contributed by atoms with van der Waals surface area (Å²) in [5, 5.41) is 4.47. The lowest BCUT2D eigenvalue weighted by atomic mass is 10.1. The molecule has 1 N–H and O–H groups in total. The van der Waals surface area contributed by atoms with Gasteiger partial charge in [0.25, 0.3) is 0 Å². The molecule has 24 heavy (non-hydrogen) atoms. The first-order valence-electron chi connectivity index (χ1n) is 7.92. The van der Waals surface area contributed by atoms with Crippen molar-refractivity contribution in [3.8, 4) is 5.88 Å². The molecule has 0 radical (unpaired) electrons. The maximum absolute atomic E-state index is 14.6. The molecule has 6 nitrogen and oxygen atoms in total. The number of nitrogens with zero attached hydrogens (tertiary/aromatic N) is 4. The molecule has 2 bridgehead atoms. The number of thioether (sulfide) groups is 1. The summed E-state index contributed by atoms with van der Waals surface area (Å²) in [6, 6.07) is 0.925. The molecule has 0 saturated carbocycles. The number of hydrogen-bond donors (Lipinski definition) is 1. The Morgan fingerprint density at radius 3 is 3.04 bits per heavy atom. The molecule has 2 aromatic heterocycles. The molecule has 126 valence electrons. The lowest BCUT2D eigenvalue weighted by molar-refractivity contribution is 0.238. The number of fused-ring (bicyclic) bond motifs is 5. The van der Waals surface area contributed by atoms with Crippen LogP contribution in [0.5, 0.6) is 5.88 Å². The lowest BCUT2D eigenvalue weighted by Gasteiger charge is -2.40. The van der Waals surface area contributed by atoms with Crippen molar-refractivity contribution >= 4 is 40.1 Å². The summed E-state index contributed by atoms with van der Waals surface area (Å²) in [5.74, 6) is 0.419. The third kappa shape index (κ3) is 2.02. The van der Waals surface area contributed by atoms with Gasteiger partial charge in [-0.15, -0.1) is 0 Å². The maximum Gasteiger partial charge on any atom is 0.228 e. The van der Waals surface area contributed by atoms with E-state index in [0.717, 1.165) is 19.4 Å². The molecule has 2 saturated heterocycles. The first-order chi connectivity index (χ1) is 11.7. The Morgan fingerprint density at radius 1 is 1.33 bits per heavy atom. The van der Waals surface area contributed by atoms with E-state index < -0.39 is 5.82 Å². The molecular weight excluding hydrogens is 353 g/mol. The molecular formula is C15H15ClFN5OS. The number of anilines is 1. The third-order valence-corrected chi connectivity index (χ3v) is 5.87. The van der Waals surface area contributed by atoms with E-state index in [1.807, 2.05) is 6.26 Å². The van der Waals surface area contributed by atoms with Gasteiger partial charge in [-0.2, -0.15) is 4.98 Å². The third-order valence-electron chi connectivity index (χ3n) is 5.08. The molecule has 9 heteroatoms. The van der Waals surface area contributed by atoms with Crippen LogP contribution in [0.1, 0.15) is 12.8 Å². The quantitative estimate of drug-likeness (QED) is 0.471. The number of rotatable bonds is 1. The Bertz CT molecular complexity index is 852. The number of ether oxygens (including phenoxy) is 1. The molecule has 0 aliphatic carbocycles. The number of aromatic nitrogens is 3. The van der Waals surface area contributed by atoms with Crippen LogP contribution in [0, 0.1) is 5.82 Å². The summed E-state index contributed by atoms with van der Waals surface area (Å²) in [7, 11) is 0. The van der Waals surface area contributed by atoms with Crippen molar-refractivity contribution in [2.24, 2.45) is 0 Å². The van der Waals surface area contributed by atoms with Gasteiger partial charge in [0.1, 0.15) is 23.3 Å². The van der Waals surface area contributed by atoms with E-state index in [4.69, 9.17) is 16.3 Å². The van der Waals surface area contributed by atoms with Crippen LogP contribution in [0.25, 0.3) is 10.9 Å². The standard InChI is InChI=1S/C15H15ClFN5OS/c1-24-15-19-11-9-13(21-15)22-4-6-2-3-7(18-6)8(22)5-23-14(9)20-12(16)10(11)17/h6-8,18H,2-5H2,1H3. The second-order valence-electron chi connectivity index (χ2n) is 6.36. The fraction of sp³-hybridized carbons (Fsp3) is 0.533. The lowest BCUT2D eigenvalue weighted by Crippen LogP contribution is -2.60. The van der Waals surface area contributed by atoms with Crippen molar-refractivity contribution in [1.82, 2.24) is 20.3 Å². The van der Waals surface area contributed by atoms with Gasteiger partial charge in [-0.05, 0) is 19.1 Å². The van der Waals surface area contributed by atoms with E-state index in [1.54, 1.807) is 0 Å². The van der Waals surface area contributed by atoms with E-state index in [1.165, 1.54) is 11.8 Å². The van der Waals surface area contributed by atoms with Crippen LogP contribution in [-0.2, 0) is 0 Å². The summed E-state index contributed by atoms with van der Waals surface area (Å²) >= 11 is 7.34. The minimum atomic E-state index is -0.616. The van der Waals surface area contributed by atoms with Crippen molar-refractivity contribution in [2.75, 3.05) is 24.3 Å². The second-order valence-corrected chi connectivity index (χ2v) is 7.49. The van der Waals surface area contributed by atoms with Gasteiger partial charge in [0.05, 0.1) is 6.04 Å². The number of piperazine rings is 1. The normalized spacial score (nSPS) is 27.8. The summed E-state index contributed by atoms with van der Waals surface area (Å²) in [6.07, 6.45) is 4.13. The highest BCUT2D eigenvalue weighted by Crippen LogP contribution is 2.41. The molecule has 2 aromatic rings. The van der Waals surface area contributed by atoms with Crippen LogP contribution in [0.15, 0.2) is 5.16 Å². The monoisotopic (exact) mass is 367 g/mol. The number of pyridine rings is 1. The van der Waals surface area contributed by atoms with E-state index >= 15 is 0 Å². The minimum absolute atomic E-state index is 0.146. The SMILES string of the molecule is CSc1nc2c3c(nc(Cl)c(F)c3n1)OCC1C3CCC(CN21)N3. The van der Waals surface area contributed by atoms with Crippen LogP contribution in [0.4, 0.5) is 10.2 Å². The van der Waals surface area contributed by atoms with E-state index in [9.17, 15) is 4.39 Å². The molecule has 3 atom stereocenters. The Hall–Kier alpha value is -1.38. The summed E-state index contributed by atoms with van der Waals surface area (Å²) in [5.41, 5.74) is 0.186. The van der Waals surface area contributed by atoms with Gasteiger partial charge in [-0.1, -0.05) is 23.4 Å². The van der Waals surface area contributed by atoms with Gasteiger partial charge in [-0.3, -0.25) is 0 Å². The molecule has 0 amide bonds. The van der Waals surface area contributed by atoms with E-state index in [2.05, 4.69) is 25.2 Å². The van der Waals surface area contributed by atoms with Crippen molar-refractivity contribution in [3.63, 3.8) is 0 Å². The fourth-order valence-electron chi connectivity index (χ4n) is 3.98. The largest absolute Gasteiger partial charge is 0.475 e. The molecule has 3 aliphatic heterocycles. The van der Waals surface area contributed by atoms with E-state index in [-0.39, 0.29) is 16.7 Å². The van der Waals surface area contributed by atoms with Crippen molar-refractivity contribution in [1.29, 1.82) is 0 Å².